The molecule has 0 unspecified atom stereocenters. The molecule has 3 rings (SSSR count). The van der Waals surface area contributed by atoms with Crippen molar-refractivity contribution in [2.75, 3.05) is 11.9 Å². The van der Waals surface area contributed by atoms with Gasteiger partial charge in [0.05, 0.1) is 29.1 Å². The summed E-state index contributed by atoms with van der Waals surface area (Å²) in [5, 5.41) is 6.23. The molecule has 0 saturated heterocycles. The first kappa shape index (κ1) is 22.7. The number of halogens is 3. The van der Waals surface area contributed by atoms with Crippen molar-refractivity contribution in [1.82, 2.24) is 9.78 Å². The van der Waals surface area contributed by atoms with E-state index < -0.39 is 40.4 Å². The smallest absolute Gasteiger partial charge is 0.417 e. The van der Waals surface area contributed by atoms with Crippen LogP contribution in [0.4, 0.5) is 18.9 Å². The number of nitrogens with one attached hydrogen (secondary N) is 1. The average Bonchev–Trinajstić information content (AvgIpc) is 2.74. The molecule has 1 amide bonds. The summed E-state index contributed by atoms with van der Waals surface area (Å²) in [7, 11) is 0. The summed E-state index contributed by atoms with van der Waals surface area (Å²) < 4.78 is 45.7. The van der Waals surface area contributed by atoms with E-state index >= 15 is 0 Å². The van der Waals surface area contributed by atoms with E-state index in [0.29, 0.717) is 11.3 Å². The molecule has 10 heteroatoms. The summed E-state index contributed by atoms with van der Waals surface area (Å²) >= 11 is 0. The number of esters is 1. The van der Waals surface area contributed by atoms with Crippen LogP contribution < -0.4 is 10.9 Å². The van der Waals surface area contributed by atoms with Gasteiger partial charge in [-0.25, -0.2) is 4.79 Å². The van der Waals surface area contributed by atoms with Gasteiger partial charge in [0.1, 0.15) is 0 Å². The lowest BCUT2D eigenvalue weighted by atomic mass is 10.1. The highest BCUT2D eigenvalue weighted by atomic mass is 19.4. The molecule has 0 aliphatic rings. The summed E-state index contributed by atoms with van der Waals surface area (Å²) in [4.78, 5) is 37.8. The Morgan fingerprint density at radius 1 is 1.09 bits per heavy atom. The second-order valence-electron chi connectivity index (χ2n) is 6.66. The molecule has 0 aliphatic carbocycles. The Balaban J connectivity index is 2.10. The predicted molar refractivity (Wildman–Crippen MR) is 110 cm³/mol. The maximum Gasteiger partial charge on any atom is 0.417 e. The number of para-hydroxylation sites is 1. The van der Waals surface area contributed by atoms with Crippen molar-refractivity contribution in [2.24, 2.45) is 0 Å². The van der Waals surface area contributed by atoms with E-state index in [-0.39, 0.29) is 12.3 Å². The van der Waals surface area contributed by atoms with Crippen molar-refractivity contribution in [1.29, 1.82) is 0 Å². The standard InChI is InChI=1S/C22H18F3N3O4/c1-3-32-21(31)19-16(12-18(29)28(27-19)17-11-7-4-8-13(17)2)26-20(30)14-9-5-6-10-15(14)22(23,24)25/h4-12H,3H2,1-2H3,(H,26,30). The number of hydrogen-bond donors (Lipinski definition) is 1. The zero-order valence-electron chi connectivity index (χ0n) is 17.1. The van der Waals surface area contributed by atoms with Crippen LogP contribution in [0.5, 0.6) is 0 Å². The summed E-state index contributed by atoms with van der Waals surface area (Å²) in [6.45, 7) is 3.26. The van der Waals surface area contributed by atoms with Gasteiger partial charge in [0, 0.05) is 6.07 Å². The average molecular weight is 445 g/mol. The number of nitrogens with zero attached hydrogens (tertiary/aromatic N) is 2. The van der Waals surface area contributed by atoms with Crippen LogP contribution in [0.2, 0.25) is 0 Å². The Hall–Kier alpha value is -3.95. The molecule has 7 nitrogen and oxygen atoms in total. The lowest BCUT2D eigenvalue weighted by Gasteiger charge is -2.15. The van der Waals surface area contributed by atoms with Crippen LogP contribution >= 0.6 is 0 Å². The topological polar surface area (TPSA) is 90.3 Å². The molecular formula is C22H18F3N3O4. The van der Waals surface area contributed by atoms with Gasteiger partial charge >= 0.3 is 12.1 Å². The van der Waals surface area contributed by atoms with Crippen molar-refractivity contribution >= 4 is 17.6 Å². The third kappa shape index (κ3) is 4.69. The van der Waals surface area contributed by atoms with E-state index in [1.807, 2.05) is 0 Å². The Morgan fingerprint density at radius 2 is 1.75 bits per heavy atom. The summed E-state index contributed by atoms with van der Waals surface area (Å²) in [5.41, 5.74) is -2.23. The van der Waals surface area contributed by atoms with Crippen LogP contribution in [0.3, 0.4) is 0 Å². The zero-order valence-corrected chi connectivity index (χ0v) is 17.1. The molecule has 1 N–H and O–H groups in total. The Bertz CT molecular complexity index is 1240. The number of ether oxygens (including phenoxy) is 1. The fraction of sp³-hybridized carbons (Fsp3) is 0.182. The molecule has 0 saturated carbocycles. The number of rotatable bonds is 5. The highest BCUT2D eigenvalue weighted by Crippen LogP contribution is 2.32. The minimum Gasteiger partial charge on any atom is -0.461 e. The van der Waals surface area contributed by atoms with E-state index in [1.165, 1.54) is 6.07 Å². The zero-order chi connectivity index (χ0) is 23.5. The first-order chi connectivity index (χ1) is 15.1. The maximum absolute atomic E-state index is 13.3. The molecule has 3 aromatic rings. The quantitative estimate of drug-likeness (QED) is 0.600. The second kappa shape index (κ2) is 9.04. The molecule has 2 aromatic carbocycles. The van der Waals surface area contributed by atoms with Crippen molar-refractivity contribution in [3.05, 3.63) is 87.3 Å². The number of aromatic nitrogens is 2. The predicted octanol–water partition coefficient (Wildman–Crippen LogP) is 3.99. The Labute approximate surface area is 180 Å². The molecule has 0 bridgehead atoms. The van der Waals surface area contributed by atoms with Crippen LogP contribution in [-0.4, -0.2) is 28.3 Å². The molecule has 1 aromatic heterocycles. The fourth-order valence-electron chi connectivity index (χ4n) is 2.99. The van der Waals surface area contributed by atoms with Gasteiger partial charge in [-0.1, -0.05) is 30.3 Å². The SMILES string of the molecule is CCOC(=O)c1nn(-c2ccccc2C)c(=O)cc1NC(=O)c1ccccc1C(F)(F)F. The van der Waals surface area contributed by atoms with E-state index in [1.54, 1.807) is 38.1 Å². The van der Waals surface area contributed by atoms with E-state index in [4.69, 9.17) is 4.74 Å². The number of benzene rings is 2. The highest BCUT2D eigenvalue weighted by Gasteiger charge is 2.35. The third-order valence-corrected chi connectivity index (χ3v) is 4.47. The molecule has 0 spiro atoms. The number of carbonyl (C=O) groups is 2. The summed E-state index contributed by atoms with van der Waals surface area (Å²) in [5.74, 6) is -2.10. The number of amides is 1. The second-order valence-corrected chi connectivity index (χ2v) is 6.66. The van der Waals surface area contributed by atoms with Crippen molar-refractivity contribution < 1.29 is 27.5 Å². The normalized spacial score (nSPS) is 11.2. The Kier molecular flexibility index (Phi) is 6.42. The molecule has 1 heterocycles. The lowest BCUT2D eigenvalue weighted by molar-refractivity contribution is -0.137. The number of aryl methyl sites for hydroxylation is 1. The molecule has 0 radical (unpaired) electrons. The van der Waals surface area contributed by atoms with Gasteiger partial charge in [0.25, 0.3) is 11.5 Å². The third-order valence-electron chi connectivity index (χ3n) is 4.47. The molecule has 32 heavy (non-hydrogen) atoms. The molecular weight excluding hydrogens is 427 g/mol. The van der Waals surface area contributed by atoms with Crippen molar-refractivity contribution in [3.63, 3.8) is 0 Å². The van der Waals surface area contributed by atoms with Gasteiger partial charge in [-0.05, 0) is 37.6 Å². The molecule has 0 atom stereocenters. The van der Waals surface area contributed by atoms with Gasteiger partial charge in [0.2, 0.25) is 0 Å². The first-order valence-electron chi connectivity index (χ1n) is 9.48. The van der Waals surface area contributed by atoms with Crippen LogP contribution in [0, 0.1) is 6.92 Å². The van der Waals surface area contributed by atoms with Crippen LogP contribution in [0.1, 0.15) is 38.9 Å². The highest BCUT2D eigenvalue weighted by molar-refractivity contribution is 6.08. The summed E-state index contributed by atoms with van der Waals surface area (Å²) in [6.07, 6.45) is -4.77. The fourth-order valence-corrected chi connectivity index (χ4v) is 2.99. The van der Waals surface area contributed by atoms with Crippen LogP contribution in [-0.2, 0) is 10.9 Å². The van der Waals surface area contributed by atoms with Gasteiger partial charge in [-0.2, -0.15) is 23.0 Å². The van der Waals surface area contributed by atoms with Crippen molar-refractivity contribution in [2.45, 2.75) is 20.0 Å². The maximum atomic E-state index is 13.3. The van der Waals surface area contributed by atoms with Crippen LogP contribution in [0.15, 0.2) is 59.4 Å². The Morgan fingerprint density at radius 3 is 2.41 bits per heavy atom. The molecule has 0 fully saturated rings. The number of alkyl halides is 3. The molecule has 166 valence electrons. The van der Waals surface area contributed by atoms with Crippen LogP contribution in [0.25, 0.3) is 5.69 Å². The minimum absolute atomic E-state index is 0.0195. The number of carbonyl (C=O) groups excluding carboxylic acids is 2. The lowest BCUT2D eigenvalue weighted by Crippen LogP contribution is -2.28. The van der Waals surface area contributed by atoms with Gasteiger partial charge < -0.3 is 10.1 Å². The largest absolute Gasteiger partial charge is 0.461 e. The molecule has 0 aliphatic heterocycles. The van der Waals surface area contributed by atoms with E-state index in [9.17, 15) is 27.6 Å². The monoisotopic (exact) mass is 445 g/mol. The first-order valence-corrected chi connectivity index (χ1v) is 9.48. The number of anilines is 1. The van der Waals surface area contributed by atoms with Gasteiger partial charge in [0.15, 0.2) is 5.69 Å². The summed E-state index contributed by atoms with van der Waals surface area (Å²) in [6, 6.07) is 11.8. The van der Waals surface area contributed by atoms with Crippen molar-refractivity contribution in [3.8, 4) is 5.69 Å². The van der Waals surface area contributed by atoms with Gasteiger partial charge in [-0.15, -0.1) is 0 Å². The van der Waals surface area contributed by atoms with Gasteiger partial charge in [-0.3, -0.25) is 9.59 Å². The van der Waals surface area contributed by atoms with E-state index in [0.717, 1.165) is 28.9 Å². The number of hydrogen-bond acceptors (Lipinski definition) is 5. The minimum atomic E-state index is -4.77. The van der Waals surface area contributed by atoms with E-state index in [2.05, 4.69) is 10.4 Å².